The van der Waals surface area contributed by atoms with E-state index in [2.05, 4.69) is 0 Å². The maximum absolute atomic E-state index is 14.2. The molecule has 0 saturated carbocycles. The molecule has 0 fully saturated rings. The highest BCUT2D eigenvalue weighted by atomic mass is 16.5. The number of amides is 1. The first-order valence-electron chi connectivity index (χ1n) is 10.2. The van der Waals surface area contributed by atoms with Gasteiger partial charge in [0.2, 0.25) is 11.8 Å². The van der Waals surface area contributed by atoms with Gasteiger partial charge in [-0.25, -0.2) is 4.79 Å². The van der Waals surface area contributed by atoms with Gasteiger partial charge in [-0.1, -0.05) is 18.2 Å². The lowest BCUT2D eigenvalue weighted by Gasteiger charge is -2.35. The molecule has 2 N–H and O–H groups in total. The van der Waals surface area contributed by atoms with Gasteiger partial charge in [0.25, 0.3) is 5.56 Å². The zero-order valence-electron chi connectivity index (χ0n) is 18.6. The van der Waals surface area contributed by atoms with Crippen molar-refractivity contribution in [1.82, 2.24) is 4.57 Å². The van der Waals surface area contributed by atoms with Crippen molar-refractivity contribution in [1.29, 1.82) is 0 Å². The molecule has 172 valence electrons. The number of anilines is 1. The number of nitrogens with zero attached hydrogens (tertiary/aromatic N) is 2. The smallest absolute Gasteiger partial charge is 0.340 e. The molecule has 0 aliphatic carbocycles. The minimum Gasteiger partial charge on any atom is -0.468 e. The Balaban J connectivity index is 2.17. The second-order valence-corrected chi connectivity index (χ2v) is 7.64. The molecule has 1 spiro atoms. The maximum atomic E-state index is 14.2. The summed E-state index contributed by atoms with van der Waals surface area (Å²) in [5.41, 5.74) is 4.58. The molecule has 1 amide bonds. The van der Waals surface area contributed by atoms with Crippen LogP contribution in [0.1, 0.15) is 23.7 Å². The Bertz CT molecular complexity index is 1290. The first-order chi connectivity index (χ1) is 15.7. The molecule has 4 rings (SSSR count). The first-order valence-corrected chi connectivity index (χ1v) is 10.2. The largest absolute Gasteiger partial charge is 0.468 e. The van der Waals surface area contributed by atoms with Gasteiger partial charge in [0.05, 0.1) is 19.8 Å². The number of benzene rings is 1. The molecule has 1 aromatic carbocycles. The van der Waals surface area contributed by atoms with Crippen LogP contribution in [-0.4, -0.2) is 43.2 Å². The Morgan fingerprint density at radius 3 is 2.48 bits per heavy atom. The topological polar surface area (TPSA) is 130 Å². The zero-order valence-corrected chi connectivity index (χ0v) is 18.6. The number of fused-ring (bicyclic) bond motifs is 4. The van der Waals surface area contributed by atoms with Crippen LogP contribution in [0.25, 0.3) is 0 Å². The predicted molar refractivity (Wildman–Crippen MR) is 117 cm³/mol. The SMILES string of the molecule is CCn1c(C)cc2c(c1=O)C1(C(=O)N(CC(=O)OC)c3ccccc31)C(C(=O)OC)=C(N)O2. The number of rotatable bonds is 4. The lowest BCUT2D eigenvalue weighted by Crippen LogP contribution is -2.52. The second kappa shape index (κ2) is 7.80. The van der Waals surface area contributed by atoms with E-state index in [0.29, 0.717) is 23.5 Å². The summed E-state index contributed by atoms with van der Waals surface area (Å²) >= 11 is 0. The number of carbonyl (C=O) groups excluding carboxylic acids is 3. The number of aryl methyl sites for hydroxylation is 1. The van der Waals surface area contributed by atoms with Crippen molar-refractivity contribution in [2.75, 3.05) is 25.7 Å². The van der Waals surface area contributed by atoms with Crippen LogP contribution in [0, 0.1) is 6.92 Å². The lowest BCUT2D eigenvalue weighted by molar-refractivity contribution is -0.140. The van der Waals surface area contributed by atoms with E-state index in [9.17, 15) is 19.2 Å². The standard InChI is InChI=1S/C23H23N3O7/c1-5-25-12(2)10-15-17(20(25)28)23(18(19(24)33-15)21(29)32-4)13-8-6-7-9-14(13)26(22(23)30)11-16(27)31-3/h6-10H,5,11,24H2,1-4H3. The molecule has 0 radical (unpaired) electrons. The fourth-order valence-electron chi connectivity index (χ4n) is 4.68. The molecule has 33 heavy (non-hydrogen) atoms. The van der Waals surface area contributed by atoms with E-state index in [1.165, 1.54) is 16.6 Å². The van der Waals surface area contributed by atoms with E-state index >= 15 is 0 Å². The molecule has 2 aliphatic heterocycles. The zero-order chi connectivity index (χ0) is 24.1. The summed E-state index contributed by atoms with van der Waals surface area (Å²) in [6.07, 6.45) is 0. The number of nitrogens with two attached hydrogens (primary N) is 1. The monoisotopic (exact) mass is 453 g/mol. The molecule has 10 nitrogen and oxygen atoms in total. The minimum absolute atomic E-state index is 0.0608. The van der Waals surface area contributed by atoms with Gasteiger partial charge in [-0.15, -0.1) is 0 Å². The van der Waals surface area contributed by atoms with E-state index in [4.69, 9.17) is 19.9 Å². The molecule has 0 bridgehead atoms. The highest BCUT2D eigenvalue weighted by Gasteiger charge is 2.62. The molecular formula is C23H23N3O7. The summed E-state index contributed by atoms with van der Waals surface area (Å²) in [7, 11) is 2.34. The Labute approximate surface area is 189 Å². The molecule has 10 heteroatoms. The van der Waals surface area contributed by atoms with Gasteiger partial charge in [-0.05, 0) is 19.9 Å². The van der Waals surface area contributed by atoms with Crippen molar-refractivity contribution >= 4 is 23.5 Å². The lowest BCUT2D eigenvalue weighted by atomic mass is 9.68. The number of hydrogen-bond acceptors (Lipinski definition) is 8. The van der Waals surface area contributed by atoms with E-state index in [-0.39, 0.29) is 22.8 Å². The number of aromatic nitrogens is 1. The maximum Gasteiger partial charge on any atom is 0.340 e. The van der Waals surface area contributed by atoms with Crippen LogP contribution in [0.2, 0.25) is 0 Å². The highest BCUT2D eigenvalue weighted by Crippen LogP contribution is 2.54. The van der Waals surface area contributed by atoms with E-state index in [1.807, 2.05) is 0 Å². The molecular weight excluding hydrogens is 430 g/mol. The number of esters is 2. The van der Waals surface area contributed by atoms with Crippen molar-refractivity contribution in [3.63, 3.8) is 0 Å². The summed E-state index contributed by atoms with van der Waals surface area (Å²) in [6, 6.07) is 8.19. The average molecular weight is 453 g/mol. The Morgan fingerprint density at radius 1 is 1.15 bits per heavy atom. The van der Waals surface area contributed by atoms with Crippen molar-refractivity contribution in [2.24, 2.45) is 5.73 Å². The summed E-state index contributed by atoms with van der Waals surface area (Å²) < 4.78 is 16.9. The van der Waals surface area contributed by atoms with Gasteiger partial charge in [0.15, 0.2) is 0 Å². The normalized spacial score (nSPS) is 18.7. The minimum atomic E-state index is -1.96. The van der Waals surface area contributed by atoms with E-state index in [1.54, 1.807) is 44.2 Å². The predicted octanol–water partition coefficient (Wildman–Crippen LogP) is 0.718. The first kappa shape index (κ1) is 22.1. The quantitative estimate of drug-likeness (QED) is 0.670. The Morgan fingerprint density at radius 2 is 1.85 bits per heavy atom. The second-order valence-electron chi connectivity index (χ2n) is 7.64. The van der Waals surface area contributed by atoms with E-state index < -0.39 is 35.4 Å². The molecule has 2 aliphatic rings. The third kappa shape index (κ3) is 2.86. The molecule has 0 saturated heterocycles. The number of hydrogen-bond donors (Lipinski definition) is 1. The van der Waals surface area contributed by atoms with E-state index in [0.717, 1.165) is 7.11 Å². The molecule has 2 aromatic rings. The van der Waals surface area contributed by atoms with Gasteiger partial charge >= 0.3 is 11.9 Å². The third-order valence-corrected chi connectivity index (χ3v) is 6.07. The van der Waals surface area contributed by atoms with Crippen LogP contribution in [-0.2, 0) is 35.8 Å². The third-order valence-electron chi connectivity index (χ3n) is 6.07. The fourth-order valence-corrected chi connectivity index (χ4v) is 4.68. The summed E-state index contributed by atoms with van der Waals surface area (Å²) in [5.74, 6) is -2.59. The number of pyridine rings is 1. The van der Waals surface area contributed by atoms with Gasteiger partial charge < -0.3 is 24.5 Å². The van der Waals surface area contributed by atoms with Gasteiger partial charge in [0.1, 0.15) is 23.3 Å². The van der Waals surface area contributed by atoms with Crippen molar-refractivity contribution in [3.05, 3.63) is 69.0 Å². The highest BCUT2D eigenvalue weighted by molar-refractivity contribution is 6.19. The van der Waals surface area contributed by atoms with Crippen LogP contribution < -0.4 is 20.9 Å². The van der Waals surface area contributed by atoms with Crippen molar-refractivity contribution < 1.29 is 28.6 Å². The van der Waals surface area contributed by atoms with Gasteiger partial charge in [0, 0.05) is 29.6 Å². The number of methoxy groups -OCH3 is 2. The van der Waals surface area contributed by atoms with Crippen LogP contribution in [0.4, 0.5) is 5.69 Å². The fraction of sp³-hybridized carbons (Fsp3) is 0.304. The van der Waals surface area contributed by atoms with Crippen LogP contribution in [0.15, 0.2) is 46.6 Å². The summed E-state index contributed by atoms with van der Waals surface area (Å²) in [5, 5.41) is 0. The number of ether oxygens (including phenoxy) is 3. The molecule has 1 aromatic heterocycles. The van der Waals surface area contributed by atoms with Crippen LogP contribution >= 0.6 is 0 Å². The van der Waals surface area contributed by atoms with Gasteiger partial charge in [-0.2, -0.15) is 0 Å². The Hall–Kier alpha value is -4.08. The summed E-state index contributed by atoms with van der Waals surface area (Å²) in [6.45, 7) is 3.41. The van der Waals surface area contributed by atoms with Crippen LogP contribution in [0.3, 0.4) is 0 Å². The summed E-state index contributed by atoms with van der Waals surface area (Å²) in [4.78, 5) is 54.3. The molecule has 1 atom stereocenters. The van der Waals surface area contributed by atoms with Crippen molar-refractivity contribution in [2.45, 2.75) is 25.8 Å². The molecule has 1 unspecified atom stereocenters. The molecule has 3 heterocycles. The van der Waals surface area contributed by atoms with Crippen molar-refractivity contribution in [3.8, 4) is 5.75 Å². The van der Waals surface area contributed by atoms with Gasteiger partial charge in [-0.3, -0.25) is 19.3 Å². The number of carbonyl (C=O) groups is 3. The Kier molecular flexibility index (Phi) is 5.23. The average Bonchev–Trinajstić information content (AvgIpc) is 3.02. The van der Waals surface area contributed by atoms with Crippen LogP contribution in [0.5, 0.6) is 5.75 Å². The number of para-hydroxylation sites is 1.